The zero-order chi connectivity index (χ0) is 21.1. The third-order valence-corrected chi connectivity index (χ3v) is 5.76. The Labute approximate surface area is 179 Å². The molecule has 1 N–H and O–H groups in total. The van der Waals surface area contributed by atoms with E-state index < -0.39 is 0 Å². The van der Waals surface area contributed by atoms with Gasteiger partial charge in [-0.1, -0.05) is 72.8 Å². The van der Waals surface area contributed by atoms with E-state index in [1.54, 1.807) is 0 Å². The standard InChI is InChI=1S/C27H29NO2/c1-19-14-15-22-24(18-27(2,3)30-25(22)16-19)28-26(29)17-23(20-10-6-4-7-11-20)21-12-8-5-9-13-21/h4-16,23-24H,17-18H2,1-3H3,(H,28,29). The molecular weight excluding hydrogens is 370 g/mol. The van der Waals surface area contributed by atoms with Crippen LogP contribution in [0.25, 0.3) is 0 Å². The van der Waals surface area contributed by atoms with E-state index in [2.05, 4.69) is 68.6 Å². The minimum atomic E-state index is -0.322. The van der Waals surface area contributed by atoms with E-state index in [0.29, 0.717) is 6.42 Å². The van der Waals surface area contributed by atoms with E-state index >= 15 is 0 Å². The molecule has 0 spiro atoms. The summed E-state index contributed by atoms with van der Waals surface area (Å²) in [7, 11) is 0. The number of hydrogen-bond donors (Lipinski definition) is 1. The number of fused-ring (bicyclic) bond motifs is 1. The van der Waals surface area contributed by atoms with Crippen LogP contribution >= 0.6 is 0 Å². The van der Waals surface area contributed by atoms with Crippen LogP contribution in [0.15, 0.2) is 78.9 Å². The molecule has 0 fully saturated rings. The van der Waals surface area contributed by atoms with Crippen molar-refractivity contribution in [3.8, 4) is 5.75 Å². The van der Waals surface area contributed by atoms with Crippen LogP contribution in [0.3, 0.4) is 0 Å². The molecule has 1 unspecified atom stereocenters. The molecule has 4 rings (SSSR count). The van der Waals surface area contributed by atoms with Gasteiger partial charge in [-0.25, -0.2) is 0 Å². The first kappa shape index (κ1) is 20.2. The van der Waals surface area contributed by atoms with Crippen molar-refractivity contribution in [2.75, 3.05) is 0 Å². The minimum absolute atomic E-state index is 0.0257. The lowest BCUT2D eigenvalue weighted by molar-refractivity contribution is -0.122. The Morgan fingerprint density at radius 3 is 2.20 bits per heavy atom. The van der Waals surface area contributed by atoms with Crippen LogP contribution in [0.2, 0.25) is 0 Å². The highest BCUT2D eigenvalue weighted by molar-refractivity contribution is 5.78. The van der Waals surface area contributed by atoms with Crippen LogP contribution in [0.4, 0.5) is 0 Å². The molecule has 30 heavy (non-hydrogen) atoms. The lowest BCUT2D eigenvalue weighted by Crippen LogP contribution is -2.41. The van der Waals surface area contributed by atoms with Gasteiger partial charge in [0.2, 0.25) is 5.91 Å². The maximum absolute atomic E-state index is 13.2. The van der Waals surface area contributed by atoms with Crippen molar-refractivity contribution in [3.05, 3.63) is 101 Å². The Hall–Kier alpha value is -3.07. The van der Waals surface area contributed by atoms with Crippen LogP contribution in [0.5, 0.6) is 5.75 Å². The summed E-state index contributed by atoms with van der Waals surface area (Å²) in [4.78, 5) is 13.2. The Bertz CT molecular complexity index is 972. The Balaban J connectivity index is 1.57. The first-order valence-electron chi connectivity index (χ1n) is 10.6. The van der Waals surface area contributed by atoms with Gasteiger partial charge in [0.25, 0.3) is 0 Å². The van der Waals surface area contributed by atoms with Gasteiger partial charge in [-0.05, 0) is 43.5 Å². The van der Waals surface area contributed by atoms with Gasteiger partial charge in [0, 0.05) is 24.3 Å². The second-order valence-corrected chi connectivity index (χ2v) is 8.81. The monoisotopic (exact) mass is 399 g/mol. The summed E-state index contributed by atoms with van der Waals surface area (Å²) in [5.74, 6) is 0.957. The van der Waals surface area contributed by atoms with Crippen LogP contribution < -0.4 is 10.1 Å². The normalized spacial score (nSPS) is 17.1. The van der Waals surface area contributed by atoms with Gasteiger partial charge in [-0.3, -0.25) is 4.79 Å². The largest absolute Gasteiger partial charge is 0.487 e. The Kier molecular flexibility index (Phi) is 5.63. The SMILES string of the molecule is Cc1ccc2c(c1)OC(C)(C)CC2NC(=O)CC(c1ccccc1)c1ccccc1. The number of ether oxygens (including phenoxy) is 1. The molecule has 3 aromatic carbocycles. The van der Waals surface area contributed by atoms with Crippen molar-refractivity contribution in [2.45, 2.75) is 51.2 Å². The maximum atomic E-state index is 13.2. The molecule has 1 aliphatic heterocycles. The number of aryl methyl sites for hydroxylation is 1. The fourth-order valence-electron chi connectivity index (χ4n) is 4.32. The van der Waals surface area contributed by atoms with Gasteiger partial charge in [0.1, 0.15) is 11.4 Å². The van der Waals surface area contributed by atoms with Gasteiger partial charge in [-0.15, -0.1) is 0 Å². The van der Waals surface area contributed by atoms with Gasteiger partial charge in [-0.2, -0.15) is 0 Å². The van der Waals surface area contributed by atoms with E-state index in [-0.39, 0.29) is 23.5 Å². The fraction of sp³-hybridized carbons (Fsp3) is 0.296. The number of rotatable bonds is 5. The number of amides is 1. The predicted octanol–water partition coefficient (Wildman–Crippen LogP) is 5.94. The fourth-order valence-corrected chi connectivity index (χ4v) is 4.32. The summed E-state index contributed by atoms with van der Waals surface area (Å²) in [5, 5.41) is 3.30. The molecule has 1 heterocycles. The number of benzene rings is 3. The Morgan fingerprint density at radius 1 is 1.00 bits per heavy atom. The van der Waals surface area contributed by atoms with Crippen molar-refractivity contribution in [2.24, 2.45) is 0 Å². The van der Waals surface area contributed by atoms with Crippen LogP contribution in [-0.2, 0) is 4.79 Å². The maximum Gasteiger partial charge on any atom is 0.221 e. The Morgan fingerprint density at radius 2 is 1.60 bits per heavy atom. The predicted molar refractivity (Wildman–Crippen MR) is 121 cm³/mol. The second-order valence-electron chi connectivity index (χ2n) is 8.81. The van der Waals surface area contributed by atoms with Crippen molar-refractivity contribution in [3.63, 3.8) is 0 Å². The molecule has 1 amide bonds. The zero-order valence-corrected chi connectivity index (χ0v) is 17.9. The number of carbonyl (C=O) groups excluding carboxylic acids is 1. The van der Waals surface area contributed by atoms with Crippen molar-refractivity contribution >= 4 is 5.91 Å². The molecule has 0 saturated carbocycles. The molecule has 0 radical (unpaired) electrons. The number of carbonyl (C=O) groups is 1. The van der Waals surface area contributed by atoms with E-state index in [9.17, 15) is 4.79 Å². The number of nitrogens with one attached hydrogen (secondary N) is 1. The first-order valence-corrected chi connectivity index (χ1v) is 10.6. The lowest BCUT2D eigenvalue weighted by atomic mass is 9.87. The summed E-state index contributed by atoms with van der Waals surface area (Å²) in [5.41, 5.74) is 4.20. The average molecular weight is 400 g/mol. The highest BCUT2D eigenvalue weighted by atomic mass is 16.5. The molecule has 1 atom stereocenters. The molecule has 154 valence electrons. The topological polar surface area (TPSA) is 38.3 Å². The highest BCUT2D eigenvalue weighted by Crippen LogP contribution is 2.40. The summed E-state index contributed by atoms with van der Waals surface area (Å²) in [6.07, 6.45) is 1.16. The average Bonchev–Trinajstić information content (AvgIpc) is 2.72. The molecule has 1 aliphatic rings. The molecule has 0 aromatic heterocycles. The smallest absolute Gasteiger partial charge is 0.221 e. The first-order chi connectivity index (χ1) is 14.4. The van der Waals surface area contributed by atoms with Gasteiger partial charge >= 0.3 is 0 Å². The van der Waals surface area contributed by atoms with E-state index in [1.165, 1.54) is 0 Å². The molecule has 0 saturated heterocycles. The summed E-state index contributed by atoms with van der Waals surface area (Å²) in [6, 6.07) is 26.7. The van der Waals surface area contributed by atoms with Gasteiger partial charge < -0.3 is 10.1 Å². The molecule has 3 aromatic rings. The highest BCUT2D eigenvalue weighted by Gasteiger charge is 2.35. The molecular formula is C27H29NO2. The molecule has 3 nitrogen and oxygen atoms in total. The van der Waals surface area contributed by atoms with Crippen LogP contribution in [0, 0.1) is 6.92 Å². The van der Waals surface area contributed by atoms with Crippen LogP contribution in [0.1, 0.15) is 60.9 Å². The van der Waals surface area contributed by atoms with Crippen molar-refractivity contribution in [1.29, 1.82) is 0 Å². The third-order valence-electron chi connectivity index (χ3n) is 5.76. The molecule has 0 aliphatic carbocycles. The summed E-state index contributed by atoms with van der Waals surface area (Å²) >= 11 is 0. The third kappa shape index (κ3) is 4.56. The van der Waals surface area contributed by atoms with E-state index in [1.807, 2.05) is 36.4 Å². The lowest BCUT2D eigenvalue weighted by Gasteiger charge is -2.38. The van der Waals surface area contributed by atoms with Crippen molar-refractivity contribution < 1.29 is 9.53 Å². The zero-order valence-electron chi connectivity index (χ0n) is 17.9. The summed E-state index contributed by atoms with van der Waals surface area (Å²) < 4.78 is 6.18. The quantitative estimate of drug-likeness (QED) is 0.577. The second kappa shape index (κ2) is 8.35. The summed E-state index contributed by atoms with van der Waals surface area (Å²) in [6.45, 7) is 6.21. The minimum Gasteiger partial charge on any atom is -0.487 e. The number of hydrogen-bond acceptors (Lipinski definition) is 2. The van der Waals surface area contributed by atoms with E-state index in [4.69, 9.17) is 4.74 Å². The van der Waals surface area contributed by atoms with E-state index in [0.717, 1.165) is 34.4 Å². The molecule has 3 heteroatoms. The van der Waals surface area contributed by atoms with Crippen molar-refractivity contribution in [1.82, 2.24) is 5.32 Å². The van der Waals surface area contributed by atoms with Gasteiger partial charge in [0.15, 0.2) is 0 Å². The molecule has 0 bridgehead atoms. The van der Waals surface area contributed by atoms with Crippen LogP contribution in [-0.4, -0.2) is 11.5 Å². The van der Waals surface area contributed by atoms with Gasteiger partial charge in [0.05, 0.1) is 6.04 Å².